The van der Waals surface area contributed by atoms with Crippen molar-refractivity contribution in [3.8, 4) is 0 Å². The summed E-state index contributed by atoms with van der Waals surface area (Å²) in [4.78, 5) is 26.4. The monoisotopic (exact) mass is 266 g/mol. The van der Waals surface area contributed by atoms with Crippen LogP contribution in [0.2, 0.25) is 0 Å². The molecule has 0 atom stereocenters. The summed E-state index contributed by atoms with van der Waals surface area (Å²) in [6.07, 6.45) is 1.52. The molecule has 2 heterocycles. The Kier molecular flexibility index (Phi) is 3.19. The molecule has 0 radical (unpaired) electrons. The number of carboxylic acid groups (broad SMARTS) is 1. The van der Waals surface area contributed by atoms with E-state index in [0.717, 1.165) is 11.8 Å². The Morgan fingerprint density at radius 1 is 1.56 bits per heavy atom. The molecule has 0 unspecified atom stereocenters. The van der Waals surface area contributed by atoms with E-state index in [1.54, 1.807) is 20.0 Å². The summed E-state index contributed by atoms with van der Waals surface area (Å²) in [5.74, 6) is -1.05. The van der Waals surface area contributed by atoms with Crippen molar-refractivity contribution in [1.29, 1.82) is 0 Å². The Balaban J connectivity index is 2.47. The van der Waals surface area contributed by atoms with Gasteiger partial charge in [0, 0.05) is 13.2 Å². The lowest BCUT2D eigenvalue weighted by molar-refractivity contribution is 0.0691. The summed E-state index contributed by atoms with van der Waals surface area (Å²) in [7, 11) is 1.55. The van der Waals surface area contributed by atoms with Gasteiger partial charge in [-0.15, -0.1) is 5.10 Å². The van der Waals surface area contributed by atoms with Crippen molar-refractivity contribution in [2.75, 3.05) is 0 Å². The highest BCUT2D eigenvalue weighted by atomic mass is 32.2. The fourth-order valence-corrected chi connectivity index (χ4v) is 2.33. The number of aryl methyl sites for hydroxylation is 1. The lowest BCUT2D eigenvalue weighted by Crippen LogP contribution is -2.13. The molecule has 2 aromatic heterocycles. The van der Waals surface area contributed by atoms with Gasteiger partial charge >= 0.3 is 11.7 Å². The predicted octanol–water partition coefficient (Wildman–Crippen LogP) is 0.661. The number of hydrogen-bond donors (Lipinski definition) is 2. The van der Waals surface area contributed by atoms with Gasteiger partial charge in [-0.25, -0.2) is 19.7 Å². The number of nitrogens with one attached hydrogen (secondary N) is 1. The summed E-state index contributed by atoms with van der Waals surface area (Å²) >= 11 is 1.03. The lowest BCUT2D eigenvalue weighted by Gasteiger charge is -2.06. The highest BCUT2D eigenvalue weighted by Crippen LogP contribution is 2.27. The molecule has 0 saturated heterocycles. The zero-order chi connectivity index (χ0) is 13.3. The minimum Gasteiger partial charge on any atom is -0.478 e. The zero-order valence-corrected chi connectivity index (χ0v) is 10.5. The molecular formula is C10H10N4O3S. The van der Waals surface area contributed by atoms with E-state index in [9.17, 15) is 9.59 Å². The number of aromatic nitrogens is 4. The molecule has 0 amide bonds. The number of hydrogen-bond acceptors (Lipinski definition) is 5. The van der Waals surface area contributed by atoms with Gasteiger partial charge in [-0.3, -0.25) is 4.57 Å². The van der Waals surface area contributed by atoms with Gasteiger partial charge in [0.2, 0.25) is 0 Å². The number of aromatic carboxylic acids is 1. The van der Waals surface area contributed by atoms with Crippen LogP contribution in [0, 0.1) is 6.92 Å². The molecule has 0 fully saturated rings. The summed E-state index contributed by atoms with van der Waals surface area (Å²) in [6.45, 7) is 1.69. The SMILES string of the molecule is Cc1ccnc(Sc2n[nH]c(=O)n2C)c1C(=O)O. The van der Waals surface area contributed by atoms with E-state index in [2.05, 4.69) is 15.2 Å². The highest BCUT2D eigenvalue weighted by Gasteiger charge is 2.17. The van der Waals surface area contributed by atoms with Crippen molar-refractivity contribution in [2.45, 2.75) is 17.1 Å². The average Bonchev–Trinajstić information content (AvgIpc) is 2.60. The summed E-state index contributed by atoms with van der Waals surface area (Å²) in [5.41, 5.74) is 0.375. The van der Waals surface area contributed by atoms with Crippen LogP contribution in [-0.4, -0.2) is 30.8 Å². The molecule has 2 rings (SSSR count). The van der Waals surface area contributed by atoms with Crippen molar-refractivity contribution < 1.29 is 9.90 Å². The van der Waals surface area contributed by atoms with E-state index in [0.29, 0.717) is 15.7 Å². The first-order valence-corrected chi connectivity index (χ1v) is 5.80. The predicted molar refractivity (Wildman–Crippen MR) is 63.9 cm³/mol. The van der Waals surface area contributed by atoms with Gasteiger partial charge in [-0.05, 0) is 30.3 Å². The Hall–Kier alpha value is -2.09. The third-order valence-electron chi connectivity index (χ3n) is 2.37. The highest BCUT2D eigenvalue weighted by molar-refractivity contribution is 7.99. The molecular weight excluding hydrogens is 256 g/mol. The summed E-state index contributed by atoms with van der Waals surface area (Å²) in [6, 6.07) is 1.62. The summed E-state index contributed by atoms with van der Waals surface area (Å²) in [5, 5.41) is 15.9. The second kappa shape index (κ2) is 4.65. The molecule has 2 aromatic rings. The molecule has 0 aliphatic carbocycles. The molecule has 0 spiro atoms. The van der Waals surface area contributed by atoms with Crippen molar-refractivity contribution in [3.63, 3.8) is 0 Å². The minimum atomic E-state index is -1.05. The summed E-state index contributed by atoms with van der Waals surface area (Å²) < 4.78 is 1.29. The van der Waals surface area contributed by atoms with Crippen LogP contribution in [0.3, 0.4) is 0 Å². The topological polar surface area (TPSA) is 101 Å². The van der Waals surface area contributed by atoms with Crippen molar-refractivity contribution >= 4 is 17.7 Å². The first-order chi connectivity index (χ1) is 8.50. The average molecular weight is 266 g/mol. The molecule has 0 bridgehead atoms. The smallest absolute Gasteiger partial charge is 0.343 e. The van der Waals surface area contributed by atoms with E-state index in [1.807, 2.05) is 0 Å². The van der Waals surface area contributed by atoms with Gasteiger partial charge in [0.1, 0.15) is 5.03 Å². The molecule has 8 heteroatoms. The van der Waals surface area contributed by atoms with Crippen LogP contribution < -0.4 is 5.69 Å². The van der Waals surface area contributed by atoms with E-state index in [4.69, 9.17) is 5.11 Å². The van der Waals surface area contributed by atoms with E-state index in [1.165, 1.54) is 10.8 Å². The maximum Gasteiger partial charge on any atom is 0.343 e. The maximum atomic E-state index is 11.2. The van der Waals surface area contributed by atoms with E-state index < -0.39 is 5.97 Å². The van der Waals surface area contributed by atoms with Crippen LogP contribution in [0.15, 0.2) is 27.2 Å². The number of pyridine rings is 1. The molecule has 7 nitrogen and oxygen atoms in total. The second-order valence-electron chi connectivity index (χ2n) is 3.59. The fraction of sp³-hybridized carbons (Fsp3) is 0.200. The van der Waals surface area contributed by atoms with Gasteiger partial charge in [-0.2, -0.15) is 0 Å². The van der Waals surface area contributed by atoms with Gasteiger partial charge in [0.25, 0.3) is 0 Å². The minimum absolute atomic E-state index is 0.123. The number of carbonyl (C=O) groups is 1. The van der Waals surface area contributed by atoms with Crippen LogP contribution in [0.4, 0.5) is 0 Å². The number of aromatic amines is 1. The normalized spacial score (nSPS) is 10.6. The Bertz CT molecular complexity index is 661. The first kappa shape index (κ1) is 12.4. The van der Waals surface area contributed by atoms with Crippen LogP contribution >= 0.6 is 11.8 Å². The molecule has 2 N–H and O–H groups in total. The maximum absolute atomic E-state index is 11.2. The molecule has 94 valence electrons. The molecule has 0 aliphatic rings. The van der Waals surface area contributed by atoms with Crippen LogP contribution in [0.5, 0.6) is 0 Å². The third kappa shape index (κ3) is 2.14. The Morgan fingerprint density at radius 2 is 2.28 bits per heavy atom. The second-order valence-corrected chi connectivity index (χ2v) is 4.54. The Labute approximate surface area is 106 Å². The number of carboxylic acids is 1. The van der Waals surface area contributed by atoms with Gasteiger partial charge in [0.05, 0.1) is 5.56 Å². The molecule has 0 aliphatic heterocycles. The van der Waals surface area contributed by atoms with Gasteiger partial charge in [0.15, 0.2) is 5.16 Å². The fourth-order valence-electron chi connectivity index (χ4n) is 1.38. The lowest BCUT2D eigenvalue weighted by atomic mass is 10.2. The largest absolute Gasteiger partial charge is 0.478 e. The van der Waals surface area contributed by atoms with Gasteiger partial charge in [-0.1, -0.05) is 0 Å². The molecule has 0 aromatic carbocycles. The standard InChI is InChI=1S/C10H10N4O3S/c1-5-3-4-11-7(6(5)8(15)16)18-10-13-12-9(17)14(10)2/h3-4H,1-2H3,(H,12,17)(H,15,16). The van der Waals surface area contributed by atoms with Crippen LogP contribution in [0.25, 0.3) is 0 Å². The first-order valence-electron chi connectivity index (χ1n) is 4.99. The number of H-pyrrole nitrogens is 1. The van der Waals surface area contributed by atoms with E-state index in [-0.39, 0.29) is 11.3 Å². The van der Waals surface area contributed by atoms with Crippen LogP contribution in [0.1, 0.15) is 15.9 Å². The quantitative estimate of drug-likeness (QED) is 0.846. The van der Waals surface area contributed by atoms with Crippen molar-refractivity contribution in [1.82, 2.24) is 19.7 Å². The van der Waals surface area contributed by atoms with Crippen LogP contribution in [-0.2, 0) is 7.05 Å². The van der Waals surface area contributed by atoms with E-state index >= 15 is 0 Å². The Morgan fingerprint density at radius 3 is 2.83 bits per heavy atom. The van der Waals surface area contributed by atoms with Crippen molar-refractivity contribution in [3.05, 3.63) is 33.9 Å². The number of rotatable bonds is 3. The van der Waals surface area contributed by atoms with Crippen molar-refractivity contribution in [2.24, 2.45) is 7.05 Å². The molecule has 18 heavy (non-hydrogen) atoms. The molecule has 0 saturated carbocycles. The van der Waals surface area contributed by atoms with Gasteiger partial charge < -0.3 is 5.11 Å². The third-order valence-corrected chi connectivity index (χ3v) is 3.42. The number of nitrogens with zero attached hydrogens (tertiary/aromatic N) is 3. The zero-order valence-electron chi connectivity index (χ0n) is 9.67.